The van der Waals surface area contributed by atoms with Crippen molar-refractivity contribution in [2.45, 2.75) is 27.2 Å². The van der Waals surface area contributed by atoms with Gasteiger partial charge >= 0.3 is 0 Å². The molecule has 11 heavy (non-hydrogen) atoms. The molecule has 0 atom stereocenters. The Labute approximate surface area is 66.4 Å². The number of nitrogens with zero attached hydrogens (tertiary/aromatic N) is 1. The van der Waals surface area contributed by atoms with Crippen LogP contribution < -0.4 is 4.74 Å². The number of ether oxygens (including phenoxy) is 1. The number of aryl methyl sites for hydroxylation is 2. The highest BCUT2D eigenvalue weighted by Crippen LogP contribution is 2.16. The molecule has 0 aliphatic heterocycles. The Kier molecular flexibility index (Phi) is 2.52. The number of hydrogen-bond acceptors (Lipinski definition) is 3. The number of hydrogen-bond donors (Lipinski definition) is 0. The lowest BCUT2D eigenvalue weighted by Crippen LogP contribution is -1.96. The summed E-state index contributed by atoms with van der Waals surface area (Å²) in [5, 5.41) is 0. The van der Waals surface area contributed by atoms with E-state index in [9.17, 15) is 0 Å². The van der Waals surface area contributed by atoms with Crippen LogP contribution in [0.4, 0.5) is 0 Å². The van der Waals surface area contributed by atoms with Gasteiger partial charge < -0.3 is 9.15 Å². The Balaban J connectivity index is 2.62. The van der Waals surface area contributed by atoms with Crippen LogP contribution in [0.5, 0.6) is 5.88 Å². The summed E-state index contributed by atoms with van der Waals surface area (Å²) in [5.74, 6) is 2.05. The molecule has 0 saturated heterocycles. The summed E-state index contributed by atoms with van der Waals surface area (Å²) < 4.78 is 10.5. The molecule has 0 spiro atoms. The second-order valence-electron chi connectivity index (χ2n) is 2.44. The molecule has 1 rings (SSSR count). The van der Waals surface area contributed by atoms with Gasteiger partial charge in [0.05, 0.1) is 6.61 Å². The first kappa shape index (κ1) is 8.11. The van der Waals surface area contributed by atoms with Crippen molar-refractivity contribution in [3.05, 3.63) is 11.7 Å². The molecule has 0 fully saturated rings. The number of rotatable bonds is 3. The minimum absolute atomic E-state index is 0.629. The molecule has 1 heterocycles. The summed E-state index contributed by atoms with van der Waals surface area (Å²) in [7, 11) is 0. The lowest BCUT2D eigenvalue weighted by atomic mass is 10.5. The summed E-state index contributed by atoms with van der Waals surface area (Å²) in [6.45, 7) is 6.42. The first-order chi connectivity index (χ1) is 5.24. The molecular weight excluding hydrogens is 142 g/mol. The van der Waals surface area contributed by atoms with E-state index in [0.29, 0.717) is 18.4 Å². The van der Waals surface area contributed by atoms with Crippen molar-refractivity contribution >= 4 is 0 Å². The fourth-order valence-electron chi connectivity index (χ4n) is 0.842. The van der Waals surface area contributed by atoms with Gasteiger partial charge in [0.2, 0.25) is 0 Å². The van der Waals surface area contributed by atoms with Crippen molar-refractivity contribution in [3.63, 3.8) is 0 Å². The van der Waals surface area contributed by atoms with Gasteiger partial charge in [-0.1, -0.05) is 6.92 Å². The normalized spacial score (nSPS) is 10.1. The second-order valence-corrected chi connectivity index (χ2v) is 2.44. The Morgan fingerprint density at radius 1 is 1.45 bits per heavy atom. The molecular formula is C8H13NO2. The molecule has 0 aliphatic rings. The van der Waals surface area contributed by atoms with E-state index in [1.165, 1.54) is 0 Å². The molecule has 0 bridgehead atoms. The third kappa shape index (κ3) is 1.97. The predicted octanol–water partition coefficient (Wildman–Crippen LogP) is 2.08. The van der Waals surface area contributed by atoms with Gasteiger partial charge in [-0.25, -0.2) is 0 Å². The van der Waals surface area contributed by atoms with Gasteiger partial charge in [0.1, 0.15) is 0 Å². The van der Waals surface area contributed by atoms with Crippen LogP contribution in [0.2, 0.25) is 0 Å². The van der Waals surface area contributed by atoms with Crippen molar-refractivity contribution in [2.24, 2.45) is 0 Å². The minimum Gasteiger partial charge on any atom is -0.475 e. The van der Waals surface area contributed by atoms with E-state index in [0.717, 1.165) is 12.2 Å². The molecule has 3 nitrogen and oxygen atoms in total. The molecule has 1 aromatic rings. The molecule has 1 aromatic heterocycles. The van der Waals surface area contributed by atoms with Crippen LogP contribution in [0, 0.1) is 13.8 Å². The maximum atomic E-state index is 5.30. The quantitative estimate of drug-likeness (QED) is 0.670. The summed E-state index contributed by atoms with van der Waals surface area (Å²) in [5.41, 5.74) is 0. The van der Waals surface area contributed by atoms with Gasteiger partial charge in [-0.3, -0.25) is 0 Å². The Bertz CT molecular complexity index is 230. The van der Waals surface area contributed by atoms with Crippen LogP contribution in [0.3, 0.4) is 0 Å². The molecule has 0 unspecified atom stereocenters. The number of oxazole rings is 1. The summed E-state index contributed by atoms with van der Waals surface area (Å²) in [6, 6.07) is 0. The van der Waals surface area contributed by atoms with Crippen molar-refractivity contribution in [3.8, 4) is 5.88 Å². The summed E-state index contributed by atoms with van der Waals surface area (Å²) in [4.78, 5) is 4.06. The molecule has 0 amide bonds. The van der Waals surface area contributed by atoms with Gasteiger partial charge in [0.25, 0.3) is 5.88 Å². The van der Waals surface area contributed by atoms with Crippen LogP contribution in [0.1, 0.15) is 25.0 Å². The molecule has 0 radical (unpaired) electrons. The smallest absolute Gasteiger partial charge is 0.256 e. The molecule has 3 heteroatoms. The summed E-state index contributed by atoms with van der Waals surface area (Å²) >= 11 is 0. The fourth-order valence-corrected chi connectivity index (χ4v) is 0.842. The van der Waals surface area contributed by atoms with Crippen LogP contribution in [0.15, 0.2) is 4.42 Å². The average Bonchev–Trinajstić information content (AvgIpc) is 2.26. The van der Waals surface area contributed by atoms with Gasteiger partial charge in [-0.15, -0.1) is 0 Å². The predicted molar refractivity (Wildman–Crippen MR) is 41.8 cm³/mol. The van der Waals surface area contributed by atoms with Crippen molar-refractivity contribution < 1.29 is 9.15 Å². The molecule has 0 aliphatic carbocycles. The lowest BCUT2D eigenvalue weighted by Gasteiger charge is -1.98. The minimum atomic E-state index is 0.629. The van der Waals surface area contributed by atoms with Crippen LogP contribution in [-0.4, -0.2) is 11.6 Å². The maximum Gasteiger partial charge on any atom is 0.256 e. The van der Waals surface area contributed by atoms with E-state index < -0.39 is 0 Å². The fraction of sp³-hybridized carbons (Fsp3) is 0.625. The Hall–Kier alpha value is -0.990. The number of aromatic nitrogens is 1. The van der Waals surface area contributed by atoms with Gasteiger partial charge in [0, 0.05) is 6.92 Å². The third-order valence-electron chi connectivity index (χ3n) is 1.30. The zero-order chi connectivity index (χ0) is 8.27. The Morgan fingerprint density at radius 3 is 2.64 bits per heavy atom. The van der Waals surface area contributed by atoms with Crippen molar-refractivity contribution in [1.82, 2.24) is 4.98 Å². The monoisotopic (exact) mass is 155 g/mol. The zero-order valence-corrected chi connectivity index (χ0v) is 7.18. The standard InChI is InChI=1S/C8H13NO2/c1-4-5-10-8-6(2)11-7(3)9-8/h4-5H2,1-3H3. The van der Waals surface area contributed by atoms with Crippen LogP contribution >= 0.6 is 0 Å². The maximum absolute atomic E-state index is 5.30. The zero-order valence-electron chi connectivity index (χ0n) is 7.18. The van der Waals surface area contributed by atoms with Crippen LogP contribution in [-0.2, 0) is 0 Å². The highest BCUT2D eigenvalue weighted by atomic mass is 16.5. The van der Waals surface area contributed by atoms with E-state index >= 15 is 0 Å². The summed E-state index contributed by atoms with van der Waals surface area (Å²) in [6.07, 6.45) is 0.991. The highest BCUT2D eigenvalue weighted by molar-refractivity contribution is 5.14. The van der Waals surface area contributed by atoms with Gasteiger partial charge in [0.15, 0.2) is 11.7 Å². The first-order valence-corrected chi connectivity index (χ1v) is 3.81. The molecule has 0 N–H and O–H groups in total. The molecule has 0 saturated carbocycles. The lowest BCUT2D eigenvalue weighted by molar-refractivity contribution is 0.300. The van der Waals surface area contributed by atoms with E-state index in [1.807, 2.05) is 13.8 Å². The average molecular weight is 155 g/mol. The van der Waals surface area contributed by atoms with Crippen LogP contribution in [0.25, 0.3) is 0 Å². The van der Waals surface area contributed by atoms with Crippen molar-refractivity contribution in [1.29, 1.82) is 0 Å². The van der Waals surface area contributed by atoms with Crippen molar-refractivity contribution in [2.75, 3.05) is 6.61 Å². The van der Waals surface area contributed by atoms with Gasteiger partial charge in [-0.05, 0) is 13.3 Å². The second kappa shape index (κ2) is 3.42. The van der Waals surface area contributed by atoms with E-state index in [4.69, 9.17) is 9.15 Å². The van der Waals surface area contributed by atoms with Gasteiger partial charge in [-0.2, -0.15) is 4.98 Å². The van der Waals surface area contributed by atoms with E-state index in [1.54, 1.807) is 0 Å². The topological polar surface area (TPSA) is 35.3 Å². The molecule has 62 valence electrons. The Morgan fingerprint density at radius 2 is 2.18 bits per heavy atom. The van der Waals surface area contributed by atoms with E-state index in [-0.39, 0.29) is 0 Å². The van der Waals surface area contributed by atoms with E-state index in [2.05, 4.69) is 11.9 Å². The highest BCUT2D eigenvalue weighted by Gasteiger charge is 2.05. The first-order valence-electron chi connectivity index (χ1n) is 3.81. The third-order valence-corrected chi connectivity index (χ3v) is 1.30. The largest absolute Gasteiger partial charge is 0.475 e. The molecule has 0 aromatic carbocycles. The SMILES string of the molecule is CCCOc1nc(C)oc1C.